The van der Waals surface area contributed by atoms with Gasteiger partial charge in [0.1, 0.15) is 0 Å². The summed E-state index contributed by atoms with van der Waals surface area (Å²) in [7, 11) is 0. The first-order chi connectivity index (χ1) is 10.1. The van der Waals surface area contributed by atoms with Gasteiger partial charge in [0.15, 0.2) is 0 Å². The van der Waals surface area contributed by atoms with Gasteiger partial charge in [0.05, 0.1) is 12.7 Å². The molecular formula is C18H36N2O. The van der Waals surface area contributed by atoms with Crippen molar-refractivity contribution in [2.24, 2.45) is 11.8 Å². The van der Waals surface area contributed by atoms with Crippen LogP contribution in [0.3, 0.4) is 0 Å². The van der Waals surface area contributed by atoms with Gasteiger partial charge >= 0.3 is 0 Å². The third-order valence-corrected chi connectivity index (χ3v) is 5.32. The number of piperazine rings is 1. The van der Waals surface area contributed by atoms with E-state index in [-0.39, 0.29) is 0 Å². The molecule has 2 unspecified atom stereocenters. The highest BCUT2D eigenvalue weighted by molar-refractivity contribution is 4.91. The molecule has 2 rings (SSSR count). The molecule has 0 aromatic carbocycles. The second-order valence-corrected chi connectivity index (χ2v) is 7.64. The topological polar surface area (TPSA) is 24.5 Å². The normalized spacial score (nSPS) is 29.4. The summed E-state index contributed by atoms with van der Waals surface area (Å²) in [4.78, 5) is 2.74. The van der Waals surface area contributed by atoms with Crippen molar-refractivity contribution in [3.8, 4) is 0 Å². The van der Waals surface area contributed by atoms with Crippen molar-refractivity contribution >= 4 is 0 Å². The molecule has 1 aliphatic heterocycles. The van der Waals surface area contributed by atoms with Crippen molar-refractivity contribution in [1.82, 2.24) is 10.2 Å². The second kappa shape index (κ2) is 8.50. The third kappa shape index (κ3) is 5.22. The molecule has 1 heterocycles. The van der Waals surface area contributed by atoms with Gasteiger partial charge in [-0.1, -0.05) is 33.1 Å². The molecule has 0 aromatic heterocycles. The van der Waals surface area contributed by atoms with E-state index in [4.69, 9.17) is 4.74 Å². The minimum Gasteiger partial charge on any atom is -0.377 e. The van der Waals surface area contributed by atoms with Crippen molar-refractivity contribution in [1.29, 1.82) is 0 Å². The maximum absolute atomic E-state index is 5.81. The molecule has 0 radical (unpaired) electrons. The summed E-state index contributed by atoms with van der Waals surface area (Å²) in [5.74, 6) is 1.62. The number of ether oxygens (including phenoxy) is 1. The molecule has 2 aliphatic rings. The molecule has 0 aromatic rings. The Hall–Kier alpha value is -0.120. The lowest BCUT2D eigenvalue weighted by Crippen LogP contribution is -2.61. The van der Waals surface area contributed by atoms with E-state index in [0.717, 1.165) is 25.1 Å². The van der Waals surface area contributed by atoms with Gasteiger partial charge in [0, 0.05) is 31.7 Å². The summed E-state index contributed by atoms with van der Waals surface area (Å²) in [6.45, 7) is 13.3. The van der Waals surface area contributed by atoms with Crippen LogP contribution in [0.4, 0.5) is 0 Å². The van der Waals surface area contributed by atoms with Crippen LogP contribution in [0.2, 0.25) is 0 Å². The fraction of sp³-hybridized carbons (Fsp3) is 1.00. The van der Waals surface area contributed by atoms with Crippen molar-refractivity contribution in [2.75, 3.05) is 26.2 Å². The molecule has 1 saturated carbocycles. The van der Waals surface area contributed by atoms with Gasteiger partial charge in [0.2, 0.25) is 0 Å². The number of nitrogens with zero attached hydrogens (tertiary/aromatic N) is 1. The van der Waals surface area contributed by atoms with Gasteiger partial charge in [-0.15, -0.1) is 0 Å². The summed E-state index contributed by atoms with van der Waals surface area (Å²) in [6.07, 6.45) is 7.53. The van der Waals surface area contributed by atoms with E-state index >= 15 is 0 Å². The van der Waals surface area contributed by atoms with Crippen molar-refractivity contribution in [2.45, 2.75) is 78.0 Å². The average Bonchev–Trinajstić information content (AvgIpc) is 2.47. The Labute approximate surface area is 131 Å². The monoisotopic (exact) mass is 296 g/mol. The number of hydrogen-bond donors (Lipinski definition) is 1. The predicted molar refractivity (Wildman–Crippen MR) is 89.7 cm³/mol. The van der Waals surface area contributed by atoms with Crippen LogP contribution in [-0.2, 0) is 4.74 Å². The zero-order chi connectivity index (χ0) is 15.2. The number of rotatable bonds is 6. The SMILES string of the molecule is CC(C)OCCN1CC(C(C)C)NCC1C1CCCCC1. The van der Waals surface area contributed by atoms with Crippen molar-refractivity contribution in [3.63, 3.8) is 0 Å². The summed E-state index contributed by atoms with van der Waals surface area (Å²) in [5, 5.41) is 3.81. The fourth-order valence-corrected chi connectivity index (χ4v) is 3.95. The van der Waals surface area contributed by atoms with Gasteiger partial charge in [0.25, 0.3) is 0 Å². The molecular weight excluding hydrogens is 260 g/mol. The smallest absolute Gasteiger partial charge is 0.0597 e. The highest BCUT2D eigenvalue weighted by atomic mass is 16.5. The Balaban J connectivity index is 1.92. The standard InChI is InChI=1S/C18H36N2O/c1-14(2)17-13-20(10-11-21-15(3)4)18(12-19-17)16-8-6-5-7-9-16/h14-19H,5-13H2,1-4H3. The van der Waals surface area contributed by atoms with E-state index < -0.39 is 0 Å². The van der Waals surface area contributed by atoms with Crippen LogP contribution >= 0.6 is 0 Å². The fourth-order valence-electron chi connectivity index (χ4n) is 3.95. The molecule has 0 bridgehead atoms. The Morgan fingerprint density at radius 2 is 1.81 bits per heavy atom. The highest BCUT2D eigenvalue weighted by Crippen LogP contribution is 2.30. The van der Waals surface area contributed by atoms with Gasteiger partial charge in [-0.3, -0.25) is 4.90 Å². The first-order valence-electron chi connectivity index (χ1n) is 9.17. The molecule has 1 aliphatic carbocycles. The average molecular weight is 296 g/mol. The van der Waals surface area contributed by atoms with Crippen molar-refractivity contribution in [3.05, 3.63) is 0 Å². The molecule has 124 valence electrons. The Morgan fingerprint density at radius 3 is 2.43 bits per heavy atom. The molecule has 3 nitrogen and oxygen atoms in total. The van der Waals surface area contributed by atoms with E-state index in [0.29, 0.717) is 18.1 Å². The quantitative estimate of drug-likeness (QED) is 0.814. The minimum atomic E-state index is 0.349. The van der Waals surface area contributed by atoms with E-state index in [1.165, 1.54) is 45.2 Å². The van der Waals surface area contributed by atoms with Crippen LogP contribution in [0, 0.1) is 11.8 Å². The third-order valence-electron chi connectivity index (χ3n) is 5.32. The molecule has 21 heavy (non-hydrogen) atoms. The summed E-state index contributed by atoms with van der Waals surface area (Å²) in [6, 6.07) is 1.37. The number of nitrogens with one attached hydrogen (secondary N) is 1. The second-order valence-electron chi connectivity index (χ2n) is 7.64. The minimum absolute atomic E-state index is 0.349. The van der Waals surface area contributed by atoms with Gasteiger partial charge < -0.3 is 10.1 Å². The van der Waals surface area contributed by atoms with E-state index in [2.05, 4.69) is 37.9 Å². The Morgan fingerprint density at radius 1 is 1.10 bits per heavy atom. The Kier molecular flexibility index (Phi) is 6.97. The maximum atomic E-state index is 5.81. The zero-order valence-corrected chi connectivity index (χ0v) is 14.6. The van der Waals surface area contributed by atoms with Gasteiger partial charge in [-0.25, -0.2) is 0 Å². The molecule has 0 spiro atoms. The molecule has 1 saturated heterocycles. The first-order valence-corrected chi connectivity index (χ1v) is 9.17. The Bertz CT molecular complexity index is 287. The predicted octanol–water partition coefficient (Wildman–Crippen LogP) is 3.29. The van der Waals surface area contributed by atoms with Gasteiger partial charge in [-0.2, -0.15) is 0 Å². The summed E-state index contributed by atoms with van der Waals surface area (Å²) in [5.41, 5.74) is 0. The molecule has 2 fully saturated rings. The molecule has 0 amide bonds. The molecule has 2 atom stereocenters. The molecule has 3 heteroatoms. The summed E-state index contributed by atoms with van der Waals surface area (Å²) >= 11 is 0. The van der Waals surface area contributed by atoms with Crippen molar-refractivity contribution < 1.29 is 4.74 Å². The number of hydrogen-bond acceptors (Lipinski definition) is 3. The zero-order valence-electron chi connectivity index (χ0n) is 14.6. The first kappa shape index (κ1) is 17.2. The van der Waals surface area contributed by atoms with E-state index in [9.17, 15) is 0 Å². The van der Waals surface area contributed by atoms with Crippen LogP contribution in [-0.4, -0.2) is 49.3 Å². The van der Waals surface area contributed by atoms with Crippen LogP contribution in [0.1, 0.15) is 59.8 Å². The lowest BCUT2D eigenvalue weighted by atomic mass is 9.81. The molecule has 1 N–H and O–H groups in total. The van der Waals surface area contributed by atoms with Crippen LogP contribution < -0.4 is 5.32 Å². The van der Waals surface area contributed by atoms with Crippen LogP contribution in [0.5, 0.6) is 0 Å². The largest absolute Gasteiger partial charge is 0.377 e. The summed E-state index contributed by atoms with van der Waals surface area (Å²) < 4.78 is 5.81. The van der Waals surface area contributed by atoms with Gasteiger partial charge in [-0.05, 0) is 38.5 Å². The van der Waals surface area contributed by atoms with E-state index in [1.807, 2.05) is 0 Å². The van der Waals surface area contributed by atoms with Crippen LogP contribution in [0.25, 0.3) is 0 Å². The highest BCUT2D eigenvalue weighted by Gasteiger charge is 2.34. The lowest BCUT2D eigenvalue weighted by Gasteiger charge is -2.46. The maximum Gasteiger partial charge on any atom is 0.0597 e. The van der Waals surface area contributed by atoms with E-state index in [1.54, 1.807) is 0 Å². The lowest BCUT2D eigenvalue weighted by molar-refractivity contribution is 0.0134. The van der Waals surface area contributed by atoms with Crippen LogP contribution in [0.15, 0.2) is 0 Å².